The SMILES string of the molecule is Cc1cc(NC(=O)Cc2ccc(OC(F)F)cc2)n(-c2ccc(F)cc2)n1. The number of carbonyl (C=O) groups excluding carboxylic acids is 1. The molecule has 5 nitrogen and oxygen atoms in total. The molecule has 3 aromatic rings. The number of amides is 1. The maximum absolute atomic E-state index is 13.1. The van der Waals surface area contributed by atoms with Gasteiger partial charge in [0.1, 0.15) is 17.4 Å². The number of carbonyl (C=O) groups is 1. The first-order valence-electron chi connectivity index (χ1n) is 8.07. The first-order valence-corrected chi connectivity index (χ1v) is 8.07. The Bertz CT molecular complexity index is 922. The van der Waals surface area contributed by atoms with Crippen molar-refractivity contribution in [3.8, 4) is 11.4 Å². The van der Waals surface area contributed by atoms with Gasteiger partial charge in [-0.05, 0) is 48.9 Å². The number of benzene rings is 2. The van der Waals surface area contributed by atoms with Gasteiger partial charge in [-0.25, -0.2) is 9.07 Å². The van der Waals surface area contributed by atoms with Crippen molar-refractivity contribution in [1.82, 2.24) is 9.78 Å². The van der Waals surface area contributed by atoms with Gasteiger partial charge >= 0.3 is 6.61 Å². The molecule has 0 aliphatic rings. The third kappa shape index (κ3) is 4.87. The second kappa shape index (κ2) is 7.94. The summed E-state index contributed by atoms with van der Waals surface area (Å²) in [7, 11) is 0. The second-order valence-electron chi connectivity index (χ2n) is 5.81. The summed E-state index contributed by atoms with van der Waals surface area (Å²) in [4.78, 5) is 12.3. The number of nitrogens with zero attached hydrogens (tertiary/aromatic N) is 2. The van der Waals surface area contributed by atoms with Gasteiger partial charge in [-0.15, -0.1) is 0 Å². The molecule has 0 saturated heterocycles. The van der Waals surface area contributed by atoms with Crippen molar-refractivity contribution in [1.29, 1.82) is 0 Å². The quantitative estimate of drug-likeness (QED) is 0.706. The van der Waals surface area contributed by atoms with E-state index in [-0.39, 0.29) is 23.9 Å². The van der Waals surface area contributed by atoms with Crippen LogP contribution in [0.5, 0.6) is 5.75 Å². The van der Waals surface area contributed by atoms with E-state index in [1.165, 1.54) is 28.9 Å². The van der Waals surface area contributed by atoms with Gasteiger partial charge in [0.05, 0.1) is 17.8 Å². The molecule has 1 heterocycles. The molecule has 0 aliphatic heterocycles. The van der Waals surface area contributed by atoms with Crippen LogP contribution in [0.2, 0.25) is 0 Å². The monoisotopic (exact) mass is 375 g/mol. The molecule has 1 aromatic heterocycles. The van der Waals surface area contributed by atoms with Gasteiger partial charge in [0.2, 0.25) is 5.91 Å². The second-order valence-corrected chi connectivity index (χ2v) is 5.81. The van der Waals surface area contributed by atoms with E-state index in [0.29, 0.717) is 22.8 Å². The average Bonchev–Trinajstić information content (AvgIpc) is 2.97. The highest BCUT2D eigenvalue weighted by Crippen LogP contribution is 2.19. The predicted octanol–water partition coefficient (Wildman–Crippen LogP) is 4.10. The molecule has 0 atom stereocenters. The first kappa shape index (κ1) is 18.5. The molecule has 0 radical (unpaired) electrons. The first-order chi connectivity index (χ1) is 12.9. The number of aromatic nitrogens is 2. The molecule has 0 bridgehead atoms. The van der Waals surface area contributed by atoms with Gasteiger partial charge in [0.15, 0.2) is 0 Å². The molecule has 0 fully saturated rings. The number of hydrogen-bond acceptors (Lipinski definition) is 3. The lowest BCUT2D eigenvalue weighted by molar-refractivity contribution is -0.115. The van der Waals surface area contributed by atoms with Crippen LogP contribution in [0.4, 0.5) is 19.0 Å². The van der Waals surface area contributed by atoms with Crippen LogP contribution >= 0.6 is 0 Å². The molecule has 0 aliphatic carbocycles. The highest BCUT2D eigenvalue weighted by atomic mass is 19.3. The van der Waals surface area contributed by atoms with Crippen LogP contribution in [0.15, 0.2) is 54.6 Å². The largest absolute Gasteiger partial charge is 0.435 e. The zero-order valence-electron chi connectivity index (χ0n) is 14.3. The number of ether oxygens (including phenoxy) is 1. The van der Waals surface area contributed by atoms with Gasteiger partial charge in [0, 0.05) is 6.07 Å². The summed E-state index contributed by atoms with van der Waals surface area (Å²) in [5, 5.41) is 7.06. The highest BCUT2D eigenvalue weighted by molar-refractivity contribution is 5.91. The number of nitrogens with one attached hydrogen (secondary N) is 1. The van der Waals surface area contributed by atoms with E-state index in [9.17, 15) is 18.0 Å². The Morgan fingerprint density at radius 3 is 2.44 bits per heavy atom. The molecule has 3 rings (SSSR count). The molecular formula is C19H16F3N3O2. The van der Waals surface area contributed by atoms with Crippen LogP contribution < -0.4 is 10.1 Å². The van der Waals surface area contributed by atoms with E-state index in [4.69, 9.17) is 0 Å². The summed E-state index contributed by atoms with van der Waals surface area (Å²) in [6.07, 6.45) is 0.0443. The molecule has 0 spiro atoms. The van der Waals surface area contributed by atoms with Crippen LogP contribution in [0, 0.1) is 12.7 Å². The van der Waals surface area contributed by atoms with Crippen molar-refractivity contribution >= 4 is 11.7 Å². The van der Waals surface area contributed by atoms with Gasteiger partial charge in [0.25, 0.3) is 0 Å². The lowest BCUT2D eigenvalue weighted by atomic mass is 10.1. The van der Waals surface area contributed by atoms with Crippen LogP contribution in [-0.2, 0) is 11.2 Å². The summed E-state index contributed by atoms with van der Waals surface area (Å²) >= 11 is 0. The van der Waals surface area contributed by atoms with E-state index in [0.717, 1.165) is 0 Å². The van der Waals surface area contributed by atoms with Gasteiger partial charge in [-0.3, -0.25) is 4.79 Å². The van der Waals surface area contributed by atoms with E-state index in [1.54, 1.807) is 37.3 Å². The summed E-state index contributed by atoms with van der Waals surface area (Å²) in [5.74, 6) is -0.200. The number of anilines is 1. The maximum atomic E-state index is 13.1. The molecule has 1 N–H and O–H groups in total. The van der Waals surface area contributed by atoms with Crippen molar-refractivity contribution < 1.29 is 22.7 Å². The Morgan fingerprint density at radius 1 is 1.15 bits per heavy atom. The van der Waals surface area contributed by atoms with Crippen molar-refractivity contribution in [2.24, 2.45) is 0 Å². The van der Waals surface area contributed by atoms with Crippen molar-refractivity contribution in [3.05, 3.63) is 71.7 Å². The number of halogens is 3. The predicted molar refractivity (Wildman–Crippen MR) is 93.7 cm³/mol. The zero-order chi connectivity index (χ0) is 19.4. The molecule has 27 heavy (non-hydrogen) atoms. The molecule has 0 unspecified atom stereocenters. The number of rotatable bonds is 6. The smallest absolute Gasteiger partial charge is 0.387 e. The van der Waals surface area contributed by atoms with Crippen LogP contribution in [0.3, 0.4) is 0 Å². The number of alkyl halides is 2. The minimum absolute atomic E-state index is 0.0270. The lowest BCUT2D eigenvalue weighted by Crippen LogP contribution is -2.17. The average molecular weight is 375 g/mol. The summed E-state index contributed by atoms with van der Waals surface area (Å²) in [5.41, 5.74) is 1.93. The Kier molecular flexibility index (Phi) is 5.44. The third-order valence-electron chi connectivity index (χ3n) is 3.68. The molecule has 140 valence electrons. The van der Waals surface area contributed by atoms with E-state index in [1.807, 2.05) is 0 Å². The third-order valence-corrected chi connectivity index (χ3v) is 3.68. The minimum atomic E-state index is -2.89. The normalized spacial score (nSPS) is 10.9. The van der Waals surface area contributed by atoms with E-state index < -0.39 is 6.61 Å². The summed E-state index contributed by atoms with van der Waals surface area (Å²) < 4.78 is 43.2. The Labute approximate surface area is 153 Å². The lowest BCUT2D eigenvalue weighted by Gasteiger charge is -2.09. The minimum Gasteiger partial charge on any atom is -0.435 e. The summed E-state index contributed by atoms with van der Waals surface area (Å²) in [6.45, 7) is -1.12. The molecular weight excluding hydrogens is 359 g/mol. The Morgan fingerprint density at radius 2 is 1.81 bits per heavy atom. The molecule has 2 aromatic carbocycles. The van der Waals surface area contributed by atoms with Gasteiger partial charge < -0.3 is 10.1 Å². The zero-order valence-corrected chi connectivity index (χ0v) is 14.3. The van der Waals surface area contributed by atoms with Crippen LogP contribution in [0.25, 0.3) is 5.69 Å². The number of hydrogen-bond donors (Lipinski definition) is 1. The van der Waals surface area contributed by atoms with Gasteiger partial charge in [-0.2, -0.15) is 13.9 Å². The van der Waals surface area contributed by atoms with Crippen molar-refractivity contribution in [3.63, 3.8) is 0 Å². The van der Waals surface area contributed by atoms with Crippen LogP contribution in [0.1, 0.15) is 11.3 Å². The Balaban J connectivity index is 1.70. The van der Waals surface area contributed by atoms with Crippen molar-refractivity contribution in [2.75, 3.05) is 5.32 Å². The molecule has 8 heteroatoms. The fraction of sp³-hybridized carbons (Fsp3) is 0.158. The van der Waals surface area contributed by atoms with E-state index in [2.05, 4.69) is 15.2 Å². The highest BCUT2D eigenvalue weighted by Gasteiger charge is 2.12. The topological polar surface area (TPSA) is 56.1 Å². The maximum Gasteiger partial charge on any atom is 0.387 e. The van der Waals surface area contributed by atoms with Gasteiger partial charge in [-0.1, -0.05) is 12.1 Å². The molecule has 0 saturated carbocycles. The fourth-order valence-corrected chi connectivity index (χ4v) is 2.53. The molecule has 1 amide bonds. The summed E-state index contributed by atoms with van der Waals surface area (Å²) in [6, 6.07) is 13.3. The number of aryl methyl sites for hydroxylation is 1. The standard InChI is InChI=1S/C19H16F3N3O2/c1-12-10-17(25(24-12)15-6-4-14(20)5-7-15)23-18(26)11-13-2-8-16(9-3-13)27-19(21)22/h2-10,19H,11H2,1H3,(H,23,26). The Hall–Kier alpha value is -3.29. The fourth-order valence-electron chi connectivity index (χ4n) is 2.53. The van der Waals surface area contributed by atoms with E-state index >= 15 is 0 Å². The van der Waals surface area contributed by atoms with Crippen molar-refractivity contribution in [2.45, 2.75) is 20.0 Å². The van der Waals surface area contributed by atoms with Crippen LogP contribution in [-0.4, -0.2) is 22.3 Å².